The molecule has 4 aromatic rings. The number of pyridine rings is 1. The van der Waals surface area contributed by atoms with Gasteiger partial charge in [0.2, 0.25) is 0 Å². The molecule has 1 aromatic heterocycles. The second kappa shape index (κ2) is 29.5. The van der Waals surface area contributed by atoms with E-state index in [1.54, 1.807) is 12.3 Å². The summed E-state index contributed by atoms with van der Waals surface area (Å²) in [4.78, 5) is 48.0. The molecule has 0 radical (unpaired) electrons. The van der Waals surface area contributed by atoms with Crippen molar-refractivity contribution in [2.75, 3.05) is 23.0 Å². The second-order valence-electron chi connectivity index (χ2n) is 19.3. The molecule has 0 unspecified atom stereocenters. The number of nitrogens with zero attached hydrogens (tertiary/aromatic N) is 4. The predicted molar refractivity (Wildman–Crippen MR) is 277 cm³/mol. The van der Waals surface area contributed by atoms with E-state index in [-0.39, 0.29) is 127 Å². The maximum absolute atomic E-state index is 12.5. The molecule has 0 bridgehead atoms. The first-order valence-electron chi connectivity index (χ1n) is 23.9. The number of halogens is 1. The third kappa shape index (κ3) is 19.0. The average Bonchev–Trinajstić information content (AvgIpc) is 3.85. The fourth-order valence-electron chi connectivity index (χ4n) is 9.38. The molecule has 0 atom stereocenters. The summed E-state index contributed by atoms with van der Waals surface area (Å²) >= 11 is 6.62. The molecule has 3 aliphatic heterocycles. The van der Waals surface area contributed by atoms with E-state index in [1.807, 2.05) is 97.9 Å². The molecule has 28 heteroatoms. The monoisotopic (exact) mass is 1210 g/mol. The van der Waals surface area contributed by atoms with Gasteiger partial charge in [-0.1, -0.05) is 67.9 Å². The Morgan fingerprint density at radius 2 is 1.48 bits per heavy atom. The molecule has 3 aliphatic rings. The first kappa shape index (κ1) is 70.3. The van der Waals surface area contributed by atoms with Crippen LogP contribution >= 0.6 is 11.6 Å². The van der Waals surface area contributed by atoms with Crippen LogP contribution in [0.1, 0.15) is 108 Å². The van der Waals surface area contributed by atoms with Gasteiger partial charge >= 0.3 is 111 Å². The smallest absolute Gasteiger partial charge is 0.752 e. The first-order chi connectivity index (χ1) is 35.5. The SMILES string of the molecule is CC1(C)C(C=CC(=CC=C2N(CCCCS(=O)(=O)[O-])c3ccc4[c-]cc(S(=O)(=O)[O-])cc4c3C2(C)C)c2cccc(CCCCC(=O)ON3C(=O)CCC3=O)c2)=Nc2c1cc(Cl)c[n+]2CCCCS(=O)(=O)[O-].O=S(=O)=O.[Na+].[Na+].[Na+]. The van der Waals surface area contributed by atoms with Gasteiger partial charge in [-0.15, -0.1) is 52.7 Å². The summed E-state index contributed by atoms with van der Waals surface area (Å²) in [6.07, 6.45) is 11.9. The summed E-state index contributed by atoms with van der Waals surface area (Å²) in [7, 11) is -16.8. The quantitative estimate of drug-likeness (QED) is 0.0154. The van der Waals surface area contributed by atoms with Crippen LogP contribution in [0, 0.1) is 6.07 Å². The molecule has 0 saturated carbocycles. The van der Waals surface area contributed by atoms with E-state index < -0.39 is 86.0 Å². The van der Waals surface area contributed by atoms with Crippen molar-refractivity contribution in [2.45, 2.75) is 114 Å². The number of unbranched alkanes of at least 4 members (excludes halogenated alkanes) is 3. The van der Waals surface area contributed by atoms with Crippen molar-refractivity contribution in [2.24, 2.45) is 4.99 Å². The number of aromatic nitrogens is 1. The molecule has 0 spiro atoms. The summed E-state index contributed by atoms with van der Waals surface area (Å²) in [5.41, 5.74) is 4.68. The van der Waals surface area contributed by atoms with E-state index in [2.05, 4.69) is 6.07 Å². The number of aryl methyl sites for hydroxylation is 2. The van der Waals surface area contributed by atoms with Gasteiger partial charge in [0.15, 0.2) is 5.71 Å². The van der Waals surface area contributed by atoms with Gasteiger partial charge in [-0.25, -0.2) is 34.6 Å². The first-order valence-corrected chi connectivity index (χ1v) is 29.9. The molecule has 1 fully saturated rings. The van der Waals surface area contributed by atoms with Crippen molar-refractivity contribution >= 4 is 104 Å². The number of aliphatic imine (C=N–C) groups is 1. The standard InChI is InChI=1S/C51H57ClN4O13S3.3Na.O3S/c1-50(2)41-31-38(52)33-54(26-7-9-28-70(60,61)62)49(41)53-43(50)22-18-35(37-14-11-13-34(30-37)12-5-6-15-47(59)69-56-45(57)24-25-46(56)58)19-23-44-51(3,4)48-40-32-39(72(66,67)68)20-16-36(40)17-21-42(48)55(44)27-8-10-29-71(63,64)65;;;;1-4(2)3/h11,13-14,17-23,30-33H,5-10,12,15,24-29H2,1-4H3,(H,60,61,62)(H,63,64,65)(H,66,67,68);;;;/q;3*+1;/p-3. The van der Waals surface area contributed by atoms with Gasteiger partial charge in [0.1, 0.15) is 6.20 Å². The van der Waals surface area contributed by atoms with Crippen molar-refractivity contribution in [1.29, 1.82) is 0 Å². The van der Waals surface area contributed by atoms with Gasteiger partial charge in [0.25, 0.3) is 11.8 Å². The number of rotatable bonds is 21. The van der Waals surface area contributed by atoms with Crippen LogP contribution in [-0.2, 0) is 84.0 Å². The van der Waals surface area contributed by atoms with E-state index in [0.717, 1.165) is 39.6 Å². The molecule has 0 N–H and O–H groups in total. The molecule has 79 heavy (non-hydrogen) atoms. The van der Waals surface area contributed by atoms with Crippen molar-refractivity contribution in [3.63, 3.8) is 0 Å². The zero-order valence-corrected chi connectivity index (χ0v) is 54.8. The molecule has 0 aliphatic carbocycles. The van der Waals surface area contributed by atoms with Crippen LogP contribution in [0.3, 0.4) is 0 Å². The van der Waals surface area contributed by atoms with Crippen LogP contribution in [0.15, 0.2) is 101 Å². The van der Waals surface area contributed by atoms with Gasteiger partial charge in [0.05, 0.1) is 52.9 Å². The van der Waals surface area contributed by atoms with Gasteiger partial charge in [-0.3, -0.25) is 9.59 Å². The Morgan fingerprint density at radius 3 is 2.10 bits per heavy atom. The molecule has 2 amide bonds. The van der Waals surface area contributed by atoms with E-state index in [4.69, 9.17) is 34.1 Å². The van der Waals surface area contributed by atoms with E-state index in [9.17, 15) is 53.3 Å². The number of carbonyl (C=O) groups excluding carboxylic acids is 3. The van der Waals surface area contributed by atoms with E-state index in [1.165, 1.54) is 6.07 Å². The molecule has 3 aromatic carbocycles. The number of hydrogen-bond donors (Lipinski definition) is 0. The minimum Gasteiger partial charge on any atom is -0.752 e. The molecule has 1 saturated heterocycles. The van der Waals surface area contributed by atoms with E-state index >= 15 is 0 Å². The molecular formula is C51H54ClN4Na3O16S4. The van der Waals surface area contributed by atoms with Crippen LogP contribution in [-0.4, -0.2) is 98.1 Å². The number of imide groups is 1. The Kier molecular flexibility index (Phi) is 26.2. The maximum atomic E-state index is 12.5. The minimum atomic E-state index is -4.84. The zero-order valence-electron chi connectivity index (χ0n) is 44.8. The summed E-state index contributed by atoms with van der Waals surface area (Å²) in [6, 6.07) is 18.8. The number of anilines is 1. The third-order valence-corrected chi connectivity index (χ3v) is 15.7. The minimum absolute atomic E-state index is 0. The Bertz CT molecular complexity index is 3550. The number of hydrogen-bond acceptors (Lipinski definition) is 18. The topological polar surface area (TPSA) is 306 Å². The number of amides is 2. The summed E-state index contributed by atoms with van der Waals surface area (Å²) in [6.45, 7) is 8.60. The van der Waals surface area contributed by atoms with Crippen LogP contribution < -0.4 is 98.1 Å². The van der Waals surface area contributed by atoms with E-state index in [0.29, 0.717) is 76.7 Å². The van der Waals surface area contributed by atoms with Crippen LogP contribution in [0.4, 0.5) is 11.5 Å². The molecule has 4 heterocycles. The number of hydroxylamine groups is 2. The molecule has 7 rings (SSSR count). The zero-order chi connectivity index (χ0) is 56.0. The Hall–Kier alpha value is -2.99. The Morgan fingerprint density at radius 1 is 0.848 bits per heavy atom. The predicted octanol–water partition coefficient (Wildman–Crippen LogP) is -2.85. The van der Waals surface area contributed by atoms with Crippen molar-refractivity contribution in [1.82, 2.24) is 5.06 Å². The number of fused-ring (bicyclic) bond motifs is 4. The van der Waals surface area contributed by atoms with Crippen LogP contribution in [0.5, 0.6) is 0 Å². The Labute approximate surface area is 533 Å². The normalized spacial score (nSPS) is 16.1. The fourth-order valence-corrected chi connectivity index (χ4v) is 11.2. The van der Waals surface area contributed by atoms with Gasteiger partial charge in [-0.2, -0.15) is 0 Å². The summed E-state index contributed by atoms with van der Waals surface area (Å²) in [5, 5.41) is 2.07. The van der Waals surface area contributed by atoms with Crippen LogP contribution in [0.25, 0.3) is 16.3 Å². The van der Waals surface area contributed by atoms with Gasteiger partial charge < -0.3 is 23.4 Å². The average molecular weight is 1210 g/mol. The second-order valence-corrected chi connectivity index (χ2v) is 24.6. The largest absolute Gasteiger partial charge is 1.00 e. The molecular weight excluding hydrogens is 1160 g/mol. The van der Waals surface area contributed by atoms with Crippen molar-refractivity contribution < 1.29 is 164 Å². The number of carbonyl (C=O) groups is 3. The maximum Gasteiger partial charge on any atom is 1.00 e. The third-order valence-electron chi connectivity index (χ3n) is 13.1. The van der Waals surface area contributed by atoms with Gasteiger partial charge in [-0.05, 0) is 109 Å². The molecule has 20 nitrogen and oxygen atoms in total. The number of benzene rings is 3. The molecule has 408 valence electrons. The Balaban J connectivity index is 0.00000226. The summed E-state index contributed by atoms with van der Waals surface area (Å²) in [5.74, 6) is -2.18. The number of allylic oxidation sites excluding steroid dienone is 6. The summed E-state index contributed by atoms with van der Waals surface area (Å²) < 4.78 is 133. The fraction of sp³-hybridized carbons (Fsp3) is 0.392. The van der Waals surface area contributed by atoms with Crippen LogP contribution in [0.2, 0.25) is 5.02 Å². The van der Waals surface area contributed by atoms with Gasteiger partial charge in [0, 0.05) is 54.1 Å². The van der Waals surface area contributed by atoms with Crippen molar-refractivity contribution in [3.05, 3.63) is 124 Å². The van der Waals surface area contributed by atoms with Crippen molar-refractivity contribution in [3.8, 4) is 0 Å².